The molecule has 90 valence electrons. The van der Waals surface area contributed by atoms with Crippen LogP contribution in [0.2, 0.25) is 0 Å². The Kier molecular flexibility index (Phi) is 3.21. The Hall–Kier alpha value is -0.960. The summed E-state index contributed by atoms with van der Waals surface area (Å²) in [5, 5.41) is 9.73. The second kappa shape index (κ2) is 4.37. The molecule has 2 N–H and O–H groups in total. The van der Waals surface area contributed by atoms with E-state index in [-0.39, 0.29) is 5.60 Å². The second-order valence-corrected chi connectivity index (χ2v) is 6.19. The molecule has 0 aromatic carbocycles. The third-order valence-corrected chi connectivity index (χ3v) is 4.69. The summed E-state index contributed by atoms with van der Waals surface area (Å²) < 4.78 is 6.60. The van der Waals surface area contributed by atoms with Gasteiger partial charge in [-0.2, -0.15) is 5.26 Å². The molecule has 0 saturated heterocycles. The lowest BCUT2D eigenvalue weighted by atomic mass is 9.87. The van der Waals surface area contributed by atoms with Crippen molar-refractivity contribution in [2.75, 3.05) is 5.73 Å². The molecule has 1 aromatic heterocycles. The number of nitrogen functional groups attached to an aromatic ring is 1. The van der Waals surface area contributed by atoms with Crippen molar-refractivity contribution in [3.05, 3.63) is 20.5 Å². The van der Waals surface area contributed by atoms with Gasteiger partial charge in [-0.05, 0) is 18.9 Å². The molecule has 0 aliphatic carbocycles. The number of fused-ring (bicyclic) bond motifs is 1. The monoisotopic (exact) mass is 266 g/mol. The highest BCUT2D eigenvalue weighted by atomic mass is 32.1. The third-order valence-electron chi connectivity index (χ3n) is 3.34. The Morgan fingerprint density at radius 3 is 2.88 bits per heavy atom. The predicted molar refractivity (Wildman–Crippen MR) is 71.5 cm³/mol. The van der Waals surface area contributed by atoms with Crippen molar-refractivity contribution in [1.29, 1.82) is 5.26 Å². The van der Waals surface area contributed by atoms with Gasteiger partial charge < -0.3 is 10.5 Å². The molecule has 0 saturated carbocycles. The van der Waals surface area contributed by atoms with Gasteiger partial charge >= 0.3 is 0 Å². The van der Waals surface area contributed by atoms with Crippen molar-refractivity contribution in [2.24, 2.45) is 0 Å². The van der Waals surface area contributed by atoms with Crippen molar-refractivity contribution in [3.63, 3.8) is 0 Å². The van der Waals surface area contributed by atoms with Crippen molar-refractivity contribution in [2.45, 2.75) is 38.9 Å². The normalized spacial score (nSPS) is 22.9. The fourth-order valence-corrected chi connectivity index (χ4v) is 3.22. The molecule has 0 radical (unpaired) electrons. The first-order chi connectivity index (χ1) is 8.00. The lowest BCUT2D eigenvalue weighted by Gasteiger charge is -2.34. The van der Waals surface area contributed by atoms with Crippen molar-refractivity contribution in [3.8, 4) is 6.07 Å². The zero-order chi connectivity index (χ0) is 12.6. The molecule has 1 aliphatic heterocycles. The summed E-state index contributed by atoms with van der Waals surface area (Å²) in [5.41, 5.74) is 8.21. The van der Waals surface area contributed by atoms with Gasteiger partial charge in [-0.3, -0.25) is 0 Å². The van der Waals surface area contributed by atoms with Gasteiger partial charge in [-0.15, -0.1) is 11.3 Å². The van der Waals surface area contributed by atoms with Crippen LogP contribution in [-0.2, 0) is 17.8 Å². The highest BCUT2D eigenvalue weighted by molar-refractivity contribution is 7.73. The molecule has 17 heavy (non-hydrogen) atoms. The molecule has 2 heterocycles. The van der Waals surface area contributed by atoms with Gasteiger partial charge in [0, 0.05) is 12.0 Å². The summed E-state index contributed by atoms with van der Waals surface area (Å²) in [6, 6.07) is 2.20. The summed E-state index contributed by atoms with van der Waals surface area (Å²) in [4.78, 5) is 0. The standard InChI is InChI=1S/C12H14N2OS2/c1-3-12(2)4-7-8(5-13)10(14)17-11(16)9(7)6-15-12/h3-4,6,14H2,1-2H3/t12-/m1/s1. The van der Waals surface area contributed by atoms with Crippen LogP contribution >= 0.6 is 23.6 Å². The Morgan fingerprint density at radius 2 is 2.29 bits per heavy atom. The van der Waals surface area contributed by atoms with E-state index in [0.29, 0.717) is 23.6 Å². The van der Waals surface area contributed by atoms with Crippen LogP contribution in [0.5, 0.6) is 0 Å². The zero-order valence-corrected chi connectivity index (χ0v) is 11.5. The molecular weight excluding hydrogens is 252 g/mol. The number of nitrogens with zero attached hydrogens (tertiary/aromatic N) is 1. The van der Waals surface area contributed by atoms with Crippen LogP contribution in [0.1, 0.15) is 37.0 Å². The van der Waals surface area contributed by atoms with E-state index in [4.69, 9.17) is 22.7 Å². The molecule has 0 unspecified atom stereocenters. The van der Waals surface area contributed by atoms with E-state index in [1.54, 1.807) is 0 Å². The summed E-state index contributed by atoms with van der Waals surface area (Å²) in [6.07, 6.45) is 1.62. The van der Waals surface area contributed by atoms with Gasteiger partial charge in [0.2, 0.25) is 0 Å². The molecule has 2 rings (SSSR count). The zero-order valence-electron chi connectivity index (χ0n) is 9.87. The Balaban J connectivity index is 2.64. The van der Waals surface area contributed by atoms with E-state index in [9.17, 15) is 5.26 Å². The smallest absolute Gasteiger partial charge is 0.105 e. The number of nitriles is 1. The van der Waals surface area contributed by atoms with E-state index < -0.39 is 0 Å². The lowest BCUT2D eigenvalue weighted by molar-refractivity contribution is -0.0564. The lowest BCUT2D eigenvalue weighted by Crippen LogP contribution is -2.35. The van der Waals surface area contributed by atoms with Crippen LogP contribution in [0.4, 0.5) is 5.00 Å². The number of anilines is 1. The fourth-order valence-electron chi connectivity index (χ4n) is 2.00. The third kappa shape index (κ3) is 2.08. The molecular formula is C12H14N2OS2. The highest BCUT2D eigenvalue weighted by Crippen LogP contribution is 2.36. The van der Waals surface area contributed by atoms with Crippen molar-refractivity contribution < 1.29 is 4.74 Å². The van der Waals surface area contributed by atoms with E-state index in [1.807, 2.05) is 0 Å². The SMILES string of the molecule is CC[C@]1(C)Cc2c(C#N)c(N)sc(=S)c2CO1. The summed E-state index contributed by atoms with van der Waals surface area (Å²) in [6.45, 7) is 4.64. The maximum absolute atomic E-state index is 9.21. The van der Waals surface area contributed by atoms with Gasteiger partial charge in [0.1, 0.15) is 11.1 Å². The average Bonchev–Trinajstić information content (AvgIpc) is 2.29. The molecule has 0 bridgehead atoms. The maximum Gasteiger partial charge on any atom is 0.105 e. The average molecular weight is 266 g/mol. The van der Waals surface area contributed by atoms with E-state index >= 15 is 0 Å². The van der Waals surface area contributed by atoms with Gasteiger partial charge in [0.05, 0.1) is 21.6 Å². The van der Waals surface area contributed by atoms with Gasteiger partial charge in [0.15, 0.2) is 0 Å². The Labute approximate surface area is 110 Å². The first kappa shape index (κ1) is 12.5. The predicted octanol–water partition coefficient (Wildman–Crippen LogP) is 3.17. The van der Waals surface area contributed by atoms with Gasteiger partial charge in [0.25, 0.3) is 0 Å². The summed E-state index contributed by atoms with van der Waals surface area (Å²) >= 11 is 6.59. The van der Waals surface area contributed by atoms with Crippen LogP contribution in [0, 0.1) is 15.2 Å². The number of rotatable bonds is 1. The molecule has 1 aromatic rings. The summed E-state index contributed by atoms with van der Waals surface area (Å²) in [7, 11) is 0. The quantitative estimate of drug-likeness (QED) is 0.793. The molecule has 0 spiro atoms. The number of hydrogen-bond donors (Lipinski definition) is 1. The van der Waals surface area contributed by atoms with Crippen LogP contribution in [0.3, 0.4) is 0 Å². The molecule has 0 amide bonds. The molecule has 0 fully saturated rings. The topological polar surface area (TPSA) is 59.0 Å². The van der Waals surface area contributed by atoms with Gasteiger partial charge in [-0.1, -0.05) is 19.1 Å². The van der Waals surface area contributed by atoms with Crippen molar-refractivity contribution >= 4 is 28.6 Å². The van der Waals surface area contributed by atoms with E-state index in [1.165, 1.54) is 11.3 Å². The molecule has 1 atom stereocenters. The van der Waals surface area contributed by atoms with Gasteiger partial charge in [-0.25, -0.2) is 0 Å². The minimum atomic E-state index is -0.209. The first-order valence-electron chi connectivity index (χ1n) is 5.49. The number of hydrogen-bond acceptors (Lipinski definition) is 5. The van der Waals surface area contributed by atoms with Crippen LogP contribution in [-0.4, -0.2) is 5.60 Å². The van der Waals surface area contributed by atoms with Crippen molar-refractivity contribution in [1.82, 2.24) is 0 Å². The minimum absolute atomic E-state index is 0.209. The Morgan fingerprint density at radius 1 is 1.59 bits per heavy atom. The van der Waals surface area contributed by atoms with E-state index in [2.05, 4.69) is 19.9 Å². The molecule has 5 heteroatoms. The highest BCUT2D eigenvalue weighted by Gasteiger charge is 2.32. The minimum Gasteiger partial charge on any atom is -0.389 e. The number of ether oxygens (including phenoxy) is 1. The molecule has 3 nitrogen and oxygen atoms in total. The second-order valence-electron chi connectivity index (χ2n) is 4.47. The largest absolute Gasteiger partial charge is 0.389 e. The number of nitrogens with two attached hydrogens (primary N) is 1. The maximum atomic E-state index is 9.21. The molecule has 1 aliphatic rings. The van der Waals surface area contributed by atoms with Crippen LogP contribution < -0.4 is 5.73 Å². The van der Waals surface area contributed by atoms with Crippen LogP contribution in [0.15, 0.2) is 0 Å². The van der Waals surface area contributed by atoms with E-state index in [0.717, 1.165) is 21.4 Å². The Bertz CT molecular complexity index is 559. The summed E-state index contributed by atoms with van der Waals surface area (Å²) in [5.74, 6) is 0. The van der Waals surface area contributed by atoms with Crippen LogP contribution in [0.25, 0.3) is 0 Å². The fraction of sp³-hybridized carbons (Fsp3) is 0.500. The first-order valence-corrected chi connectivity index (χ1v) is 6.71.